The van der Waals surface area contributed by atoms with Crippen LogP contribution >= 0.6 is 0 Å². The molecule has 4 aliphatic rings. The van der Waals surface area contributed by atoms with E-state index in [0.717, 1.165) is 25.7 Å². The molecule has 3 aliphatic carbocycles. The molecule has 1 spiro atoms. The highest BCUT2D eigenvalue weighted by Crippen LogP contribution is 2.66. The molecule has 0 bridgehead atoms. The Balaban J connectivity index is 1.44. The zero-order valence-electron chi connectivity index (χ0n) is 14.7. The van der Waals surface area contributed by atoms with Crippen molar-refractivity contribution < 1.29 is 19.7 Å². The fourth-order valence-corrected chi connectivity index (χ4v) is 5.61. The maximum Gasteiger partial charge on any atom is 0.174 e. The third-order valence-electron chi connectivity index (χ3n) is 7.19. The van der Waals surface area contributed by atoms with Gasteiger partial charge in [-0.2, -0.15) is 0 Å². The molecule has 4 fully saturated rings. The van der Waals surface area contributed by atoms with Crippen LogP contribution in [-0.4, -0.2) is 41.4 Å². The van der Waals surface area contributed by atoms with Crippen molar-refractivity contribution >= 4 is 0 Å². The number of aliphatic hydroxyl groups is 2. The topological polar surface area (TPSA) is 58.9 Å². The maximum absolute atomic E-state index is 10.5. The van der Waals surface area contributed by atoms with Gasteiger partial charge >= 0.3 is 0 Å². The Morgan fingerprint density at radius 1 is 1.17 bits per heavy atom. The summed E-state index contributed by atoms with van der Waals surface area (Å²) in [5.41, 5.74) is -0.0571. The van der Waals surface area contributed by atoms with E-state index in [0.29, 0.717) is 25.0 Å². The van der Waals surface area contributed by atoms with Crippen LogP contribution in [0.3, 0.4) is 0 Å². The van der Waals surface area contributed by atoms with Crippen LogP contribution in [0.1, 0.15) is 58.3 Å². The van der Waals surface area contributed by atoms with Crippen LogP contribution in [0, 0.1) is 35.0 Å². The van der Waals surface area contributed by atoms with Crippen molar-refractivity contribution in [2.45, 2.75) is 76.3 Å². The van der Waals surface area contributed by atoms with E-state index in [2.05, 4.69) is 18.8 Å². The predicted octanol–water partition coefficient (Wildman–Crippen LogP) is 2.47. The molecular formula is C20H30O4. The van der Waals surface area contributed by atoms with E-state index in [-0.39, 0.29) is 11.3 Å². The third kappa shape index (κ3) is 2.61. The normalized spacial score (nSPS) is 42.2. The lowest BCUT2D eigenvalue weighted by molar-refractivity contribution is -0.344. The second kappa shape index (κ2) is 6.29. The van der Waals surface area contributed by atoms with Crippen LogP contribution in [0.5, 0.6) is 0 Å². The van der Waals surface area contributed by atoms with Gasteiger partial charge in [0.25, 0.3) is 0 Å². The van der Waals surface area contributed by atoms with E-state index in [1.807, 2.05) is 0 Å². The van der Waals surface area contributed by atoms with Crippen molar-refractivity contribution in [1.29, 1.82) is 0 Å². The standard InChI is InChI=1S/C20H30O4/c1-19-9-8-18(22)16(17(19)13-20(19)23-10-11-24-20)7-6-15(21)12-14-4-2-3-5-14/h14-18,21-22H,2-5,8-13H2,1H3/t15-,16-,17-,18-,19+/m1/s1. The van der Waals surface area contributed by atoms with E-state index < -0.39 is 18.0 Å². The highest BCUT2D eigenvalue weighted by molar-refractivity contribution is 5.21. The molecule has 1 saturated heterocycles. The molecule has 4 rings (SSSR count). The van der Waals surface area contributed by atoms with E-state index in [4.69, 9.17) is 9.47 Å². The minimum absolute atomic E-state index is 0.0571. The van der Waals surface area contributed by atoms with E-state index in [1.54, 1.807) is 0 Å². The molecule has 0 aromatic rings. The minimum Gasteiger partial charge on any atom is -0.392 e. The van der Waals surface area contributed by atoms with Crippen LogP contribution < -0.4 is 0 Å². The van der Waals surface area contributed by atoms with Crippen molar-refractivity contribution in [3.05, 3.63) is 0 Å². The fourth-order valence-electron chi connectivity index (χ4n) is 5.61. The van der Waals surface area contributed by atoms with Crippen molar-refractivity contribution in [2.24, 2.45) is 23.2 Å². The van der Waals surface area contributed by atoms with E-state index in [9.17, 15) is 10.2 Å². The number of hydrogen-bond donors (Lipinski definition) is 2. The first-order valence-corrected chi connectivity index (χ1v) is 9.69. The van der Waals surface area contributed by atoms with Gasteiger partial charge in [0, 0.05) is 11.8 Å². The smallest absolute Gasteiger partial charge is 0.174 e. The molecule has 134 valence electrons. The summed E-state index contributed by atoms with van der Waals surface area (Å²) in [6, 6.07) is 0. The average molecular weight is 334 g/mol. The predicted molar refractivity (Wildman–Crippen MR) is 89.9 cm³/mol. The molecule has 0 radical (unpaired) electrons. The number of fused-ring (bicyclic) bond motifs is 2. The molecular weight excluding hydrogens is 304 g/mol. The van der Waals surface area contributed by atoms with Crippen LogP contribution in [0.25, 0.3) is 0 Å². The van der Waals surface area contributed by atoms with Gasteiger partial charge in [0.1, 0.15) is 6.10 Å². The molecule has 0 aromatic carbocycles. The fraction of sp³-hybridized carbons (Fsp3) is 0.900. The average Bonchev–Trinajstić information content (AvgIpc) is 3.23. The monoisotopic (exact) mass is 334 g/mol. The Labute approximate surface area is 144 Å². The van der Waals surface area contributed by atoms with Crippen LogP contribution in [0.15, 0.2) is 0 Å². The summed E-state index contributed by atoms with van der Waals surface area (Å²) >= 11 is 0. The SMILES string of the molecule is C[C@]12CC[C@@H](O)[C@H](C#C[C@@H](O)CC3CCCC3)[C@H]1CC21OCCO1. The zero-order valence-corrected chi connectivity index (χ0v) is 14.7. The summed E-state index contributed by atoms with van der Waals surface area (Å²) in [5, 5.41) is 20.7. The second-order valence-electron chi connectivity index (χ2n) is 8.50. The molecule has 4 heteroatoms. The summed E-state index contributed by atoms with van der Waals surface area (Å²) in [6.45, 7) is 3.56. The quantitative estimate of drug-likeness (QED) is 0.762. The Morgan fingerprint density at radius 3 is 2.58 bits per heavy atom. The van der Waals surface area contributed by atoms with Gasteiger partial charge < -0.3 is 19.7 Å². The summed E-state index contributed by atoms with van der Waals surface area (Å²) in [7, 11) is 0. The van der Waals surface area contributed by atoms with Crippen molar-refractivity contribution in [3.8, 4) is 11.8 Å². The Morgan fingerprint density at radius 2 is 1.88 bits per heavy atom. The summed E-state index contributed by atoms with van der Waals surface area (Å²) in [5.74, 6) is 6.71. The van der Waals surface area contributed by atoms with Gasteiger partial charge in [0.15, 0.2) is 5.79 Å². The maximum atomic E-state index is 10.5. The first-order valence-electron chi connectivity index (χ1n) is 9.69. The van der Waals surface area contributed by atoms with Crippen LogP contribution in [-0.2, 0) is 9.47 Å². The first-order chi connectivity index (χ1) is 11.5. The van der Waals surface area contributed by atoms with Crippen LogP contribution in [0.2, 0.25) is 0 Å². The van der Waals surface area contributed by atoms with Gasteiger partial charge in [0.2, 0.25) is 0 Å². The van der Waals surface area contributed by atoms with E-state index in [1.165, 1.54) is 25.7 Å². The van der Waals surface area contributed by atoms with Gasteiger partial charge in [-0.05, 0) is 31.1 Å². The molecule has 0 aromatic heterocycles. The highest BCUT2D eigenvalue weighted by Gasteiger charge is 2.69. The summed E-state index contributed by atoms with van der Waals surface area (Å²) < 4.78 is 11.9. The molecule has 5 atom stereocenters. The van der Waals surface area contributed by atoms with Crippen molar-refractivity contribution in [3.63, 3.8) is 0 Å². The lowest BCUT2D eigenvalue weighted by Gasteiger charge is -2.64. The van der Waals surface area contributed by atoms with Gasteiger partial charge in [-0.15, -0.1) is 0 Å². The zero-order chi connectivity index (χ0) is 16.8. The van der Waals surface area contributed by atoms with Gasteiger partial charge in [-0.1, -0.05) is 44.4 Å². The molecule has 2 N–H and O–H groups in total. The third-order valence-corrected chi connectivity index (χ3v) is 7.19. The molecule has 3 saturated carbocycles. The molecule has 24 heavy (non-hydrogen) atoms. The largest absolute Gasteiger partial charge is 0.392 e. The van der Waals surface area contributed by atoms with Gasteiger partial charge in [-0.3, -0.25) is 0 Å². The second-order valence-corrected chi connectivity index (χ2v) is 8.50. The van der Waals surface area contributed by atoms with Gasteiger partial charge in [0.05, 0.1) is 25.2 Å². The summed E-state index contributed by atoms with van der Waals surface area (Å²) in [6.07, 6.45) is 7.33. The number of hydrogen-bond acceptors (Lipinski definition) is 4. The number of rotatable bonds is 2. The van der Waals surface area contributed by atoms with Gasteiger partial charge in [-0.25, -0.2) is 0 Å². The van der Waals surface area contributed by atoms with E-state index >= 15 is 0 Å². The molecule has 1 aliphatic heterocycles. The van der Waals surface area contributed by atoms with Crippen molar-refractivity contribution in [2.75, 3.05) is 13.2 Å². The number of aliphatic hydroxyl groups excluding tert-OH is 2. The Kier molecular flexibility index (Phi) is 4.41. The van der Waals surface area contributed by atoms with Crippen LogP contribution in [0.4, 0.5) is 0 Å². The number of ether oxygens (including phenoxy) is 2. The summed E-state index contributed by atoms with van der Waals surface area (Å²) in [4.78, 5) is 0. The molecule has 4 nitrogen and oxygen atoms in total. The van der Waals surface area contributed by atoms with Crippen molar-refractivity contribution in [1.82, 2.24) is 0 Å². The lowest BCUT2D eigenvalue weighted by atomic mass is 9.47. The Hall–Kier alpha value is -0.600. The Bertz CT molecular complexity index is 523. The molecule has 0 amide bonds. The lowest BCUT2D eigenvalue weighted by Crippen LogP contribution is -2.67. The molecule has 0 unspecified atom stereocenters. The first kappa shape index (κ1) is 16.8. The molecule has 1 heterocycles. The minimum atomic E-state index is -0.554. The highest BCUT2D eigenvalue weighted by atomic mass is 16.7.